The molecule has 1 saturated carbocycles. The van der Waals surface area contributed by atoms with Crippen LogP contribution < -0.4 is 4.90 Å². The summed E-state index contributed by atoms with van der Waals surface area (Å²) in [7, 11) is 1.30. The highest BCUT2D eigenvalue weighted by atomic mass is 16.6. The first kappa shape index (κ1) is 22.1. The Hall–Kier alpha value is -2.15. The molecular weight excluding hydrogens is 360 g/mol. The van der Waals surface area contributed by atoms with Crippen molar-refractivity contribution < 1.29 is 19.2 Å². The fraction of sp³-hybridized carbons (Fsp3) is 0.667. The maximum atomic E-state index is 11.8. The maximum Gasteiger partial charge on any atom is 0.331 e. The molecule has 0 aliphatic heterocycles. The molecule has 0 amide bonds. The van der Waals surface area contributed by atoms with E-state index < -0.39 is 12.1 Å². The fourth-order valence-electron chi connectivity index (χ4n) is 3.76. The summed E-state index contributed by atoms with van der Waals surface area (Å²) in [6.07, 6.45) is 5.28. The van der Waals surface area contributed by atoms with Gasteiger partial charge in [0.05, 0.1) is 18.1 Å². The van der Waals surface area contributed by atoms with E-state index >= 15 is 0 Å². The van der Waals surface area contributed by atoms with Crippen molar-refractivity contribution in [2.24, 2.45) is 5.92 Å². The summed E-state index contributed by atoms with van der Waals surface area (Å²) in [6, 6.07) is 5.62. The van der Waals surface area contributed by atoms with Gasteiger partial charge in [-0.2, -0.15) is 0 Å². The molecule has 1 aromatic carbocycles. The molecule has 0 aromatic heterocycles. The lowest BCUT2D eigenvalue weighted by molar-refractivity contribution is -0.384. The van der Waals surface area contributed by atoms with Crippen molar-refractivity contribution in [2.75, 3.05) is 25.2 Å². The van der Waals surface area contributed by atoms with Gasteiger partial charge in [0, 0.05) is 18.7 Å². The van der Waals surface area contributed by atoms with E-state index in [-0.39, 0.29) is 17.2 Å². The van der Waals surface area contributed by atoms with Gasteiger partial charge in [0.2, 0.25) is 0 Å². The lowest BCUT2D eigenvalue weighted by Gasteiger charge is -2.37. The van der Waals surface area contributed by atoms with Crippen LogP contribution in [0.25, 0.3) is 0 Å². The van der Waals surface area contributed by atoms with Gasteiger partial charge in [-0.05, 0) is 37.3 Å². The van der Waals surface area contributed by atoms with E-state index in [1.165, 1.54) is 26.4 Å². The van der Waals surface area contributed by atoms with Gasteiger partial charge in [0.15, 0.2) is 0 Å². The molecule has 0 bridgehead atoms. The van der Waals surface area contributed by atoms with Crippen molar-refractivity contribution in [1.29, 1.82) is 0 Å². The van der Waals surface area contributed by atoms with Crippen LogP contribution in [0.5, 0.6) is 0 Å². The van der Waals surface area contributed by atoms with Crippen molar-refractivity contribution in [3.8, 4) is 0 Å². The Balaban J connectivity index is 2.30. The molecule has 1 aliphatic carbocycles. The van der Waals surface area contributed by atoms with Gasteiger partial charge >= 0.3 is 5.97 Å². The largest absolute Gasteiger partial charge is 0.467 e. The minimum Gasteiger partial charge on any atom is -0.467 e. The number of hydrogen-bond donors (Lipinski definition) is 0. The van der Waals surface area contributed by atoms with Gasteiger partial charge in [-0.25, -0.2) is 4.79 Å². The summed E-state index contributed by atoms with van der Waals surface area (Å²) >= 11 is 0. The van der Waals surface area contributed by atoms with Crippen LogP contribution in [0.3, 0.4) is 0 Å². The number of ether oxygens (including phenoxy) is 2. The third-order valence-electron chi connectivity index (χ3n) is 5.23. The molecule has 1 aliphatic rings. The molecule has 0 saturated heterocycles. The second kappa shape index (κ2) is 10.4. The number of carbonyl (C=O) groups excluding carboxylic acids is 1. The molecule has 1 unspecified atom stereocenters. The summed E-state index contributed by atoms with van der Waals surface area (Å²) in [5.74, 6) is -0.0677. The molecule has 156 valence electrons. The maximum absolute atomic E-state index is 11.8. The number of nitrogens with zero attached hydrogens (tertiary/aromatic N) is 2. The molecule has 0 heterocycles. The normalized spacial score (nSPS) is 16.0. The predicted octanol–water partition coefficient (Wildman–Crippen LogP) is 4.64. The molecule has 0 N–H and O–H groups in total. The van der Waals surface area contributed by atoms with Crippen LogP contribution in [-0.4, -0.2) is 37.2 Å². The van der Waals surface area contributed by atoms with Crippen LogP contribution in [0, 0.1) is 16.0 Å². The van der Waals surface area contributed by atoms with Gasteiger partial charge < -0.3 is 14.4 Å². The van der Waals surface area contributed by atoms with E-state index in [4.69, 9.17) is 4.74 Å². The fourth-order valence-corrected chi connectivity index (χ4v) is 3.76. The number of carbonyl (C=O) groups is 1. The number of nitro groups is 1. The standard InChI is InChI=1S/C21H32N2O5/c1-15(2)13-22(18-8-6-5-7-9-18)19-11-10-17(12-20(19)23(25)26)16(3)28-14-21(24)27-4/h10-12,15-16,18H,5-9,13-14H2,1-4H3. The van der Waals surface area contributed by atoms with Gasteiger partial charge in [-0.15, -0.1) is 0 Å². The topological polar surface area (TPSA) is 81.9 Å². The molecule has 1 atom stereocenters. The number of methoxy groups -OCH3 is 1. The van der Waals surface area contributed by atoms with E-state index in [2.05, 4.69) is 23.5 Å². The molecule has 0 spiro atoms. The van der Waals surface area contributed by atoms with Gasteiger partial charge in [-0.1, -0.05) is 39.2 Å². The van der Waals surface area contributed by atoms with Gasteiger partial charge in [-0.3, -0.25) is 10.1 Å². The van der Waals surface area contributed by atoms with Crippen molar-refractivity contribution in [1.82, 2.24) is 0 Å². The third kappa shape index (κ3) is 5.92. The molecule has 2 rings (SSSR count). The summed E-state index contributed by atoms with van der Waals surface area (Å²) in [5.41, 5.74) is 1.44. The highest BCUT2D eigenvalue weighted by Gasteiger charge is 2.28. The molecule has 28 heavy (non-hydrogen) atoms. The van der Waals surface area contributed by atoms with Crippen molar-refractivity contribution >= 4 is 17.3 Å². The van der Waals surface area contributed by atoms with Gasteiger partial charge in [0.25, 0.3) is 5.69 Å². The van der Waals surface area contributed by atoms with Crippen LogP contribution in [0.15, 0.2) is 18.2 Å². The van der Waals surface area contributed by atoms with E-state index in [0.717, 1.165) is 19.4 Å². The van der Waals surface area contributed by atoms with Crippen LogP contribution in [0.2, 0.25) is 0 Å². The Morgan fingerprint density at radius 1 is 1.25 bits per heavy atom. The first-order valence-electron chi connectivity index (χ1n) is 10.1. The first-order valence-corrected chi connectivity index (χ1v) is 10.1. The number of hydrogen-bond acceptors (Lipinski definition) is 6. The Bertz CT molecular complexity index is 671. The minimum atomic E-state index is -0.474. The minimum absolute atomic E-state index is 0.0947. The molecule has 7 heteroatoms. The van der Waals surface area contributed by atoms with E-state index in [9.17, 15) is 14.9 Å². The van der Waals surface area contributed by atoms with Crippen molar-refractivity contribution in [2.45, 2.75) is 65.0 Å². The average molecular weight is 392 g/mol. The predicted molar refractivity (Wildman–Crippen MR) is 109 cm³/mol. The highest BCUT2D eigenvalue weighted by Crippen LogP contribution is 2.36. The van der Waals surface area contributed by atoms with Crippen molar-refractivity contribution in [3.05, 3.63) is 33.9 Å². The second-order valence-electron chi connectivity index (χ2n) is 7.87. The Kier molecular flexibility index (Phi) is 8.23. The summed E-state index contributed by atoms with van der Waals surface area (Å²) in [4.78, 5) is 25.0. The van der Waals surface area contributed by atoms with Crippen LogP contribution >= 0.6 is 0 Å². The van der Waals surface area contributed by atoms with Crippen LogP contribution in [0.4, 0.5) is 11.4 Å². The number of benzene rings is 1. The zero-order valence-electron chi connectivity index (χ0n) is 17.3. The zero-order chi connectivity index (χ0) is 20.7. The SMILES string of the molecule is COC(=O)COC(C)c1ccc(N(CC(C)C)C2CCCCC2)c([N+](=O)[O-])c1. The highest BCUT2D eigenvalue weighted by molar-refractivity contribution is 5.70. The first-order chi connectivity index (χ1) is 13.3. The average Bonchev–Trinajstić information content (AvgIpc) is 2.70. The quantitative estimate of drug-likeness (QED) is 0.346. The zero-order valence-corrected chi connectivity index (χ0v) is 17.3. The number of rotatable bonds is 9. The molecular formula is C21H32N2O5. The number of nitro benzene ring substituents is 1. The van der Waals surface area contributed by atoms with E-state index in [1.807, 2.05) is 12.1 Å². The van der Waals surface area contributed by atoms with Crippen molar-refractivity contribution in [3.63, 3.8) is 0 Å². The Morgan fingerprint density at radius 2 is 1.93 bits per heavy atom. The molecule has 1 aromatic rings. The monoisotopic (exact) mass is 392 g/mol. The molecule has 7 nitrogen and oxygen atoms in total. The Labute approximate surface area is 167 Å². The summed E-state index contributed by atoms with van der Waals surface area (Å²) < 4.78 is 10.1. The molecule has 1 fully saturated rings. The third-order valence-corrected chi connectivity index (χ3v) is 5.23. The number of anilines is 1. The summed E-state index contributed by atoms with van der Waals surface area (Å²) in [6.45, 7) is 6.65. The van der Waals surface area contributed by atoms with E-state index in [1.54, 1.807) is 13.0 Å². The number of esters is 1. The smallest absolute Gasteiger partial charge is 0.331 e. The molecule has 0 radical (unpaired) electrons. The van der Waals surface area contributed by atoms with Crippen LogP contribution in [-0.2, 0) is 14.3 Å². The van der Waals surface area contributed by atoms with E-state index in [0.29, 0.717) is 23.2 Å². The lowest BCUT2D eigenvalue weighted by atomic mass is 9.92. The summed E-state index contributed by atoms with van der Waals surface area (Å²) in [5, 5.41) is 11.8. The van der Waals surface area contributed by atoms with Gasteiger partial charge in [0.1, 0.15) is 12.3 Å². The Morgan fingerprint density at radius 3 is 2.50 bits per heavy atom. The lowest BCUT2D eigenvalue weighted by Crippen LogP contribution is -2.39. The second-order valence-corrected chi connectivity index (χ2v) is 7.87. The van der Waals surface area contributed by atoms with Crippen LogP contribution in [0.1, 0.15) is 64.5 Å².